The van der Waals surface area contributed by atoms with Crippen molar-refractivity contribution in [3.05, 3.63) is 52.7 Å². The first-order chi connectivity index (χ1) is 14.1. The highest BCUT2D eigenvalue weighted by atomic mass is 16.1. The smallest absolute Gasteiger partial charge is 0.261 e. The average Bonchev–Trinajstić information content (AvgIpc) is 3.42. The second kappa shape index (κ2) is 7.13. The van der Waals surface area contributed by atoms with Gasteiger partial charge >= 0.3 is 0 Å². The molecule has 1 saturated carbocycles. The minimum atomic E-state index is 0.0171. The van der Waals surface area contributed by atoms with Gasteiger partial charge in [0, 0.05) is 33.4 Å². The first-order valence-corrected chi connectivity index (χ1v) is 10.4. The summed E-state index contributed by atoms with van der Waals surface area (Å²) < 4.78 is 1.93. The summed E-state index contributed by atoms with van der Waals surface area (Å²) in [5.41, 5.74) is 0.849. The molecular formula is C22H26N6O. The summed E-state index contributed by atoms with van der Waals surface area (Å²) >= 11 is 0. The van der Waals surface area contributed by atoms with Gasteiger partial charge in [-0.1, -0.05) is 12.1 Å². The second-order valence-electron chi connectivity index (χ2n) is 8.31. The van der Waals surface area contributed by atoms with E-state index in [1.54, 1.807) is 6.20 Å². The fraction of sp³-hybridized carbons (Fsp3) is 0.455. The van der Waals surface area contributed by atoms with E-state index < -0.39 is 0 Å². The zero-order chi connectivity index (χ0) is 20.0. The molecule has 1 unspecified atom stereocenters. The molecule has 29 heavy (non-hydrogen) atoms. The van der Waals surface area contributed by atoms with E-state index in [4.69, 9.17) is 9.97 Å². The van der Waals surface area contributed by atoms with Crippen molar-refractivity contribution in [2.24, 2.45) is 5.92 Å². The first-order valence-electron chi connectivity index (χ1n) is 10.4. The van der Waals surface area contributed by atoms with E-state index in [9.17, 15) is 4.79 Å². The molecule has 0 radical (unpaired) electrons. The molecule has 5 rings (SSSR count). The highest BCUT2D eigenvalue weighted by Crippen LogP contribution is 2.36. The van der Waals surface area contributed by atoms with Crippen LogP contribution < -0.4 is 15.4 Å². The van der Waals surface area contributed by atoms with Crippen molar-refractivity contribution in [1.29, 1.82) is 0 Å². The van der Waals surface area contributed by atoms with Gasteiger partial charge in [-0.05, 0) is 49.8 Å². The fourth-order valence-corrected chi connectivity index (χ4v) is 4.18. The predicted molar refractivity (Wildman–Crippen MR) is 114 cm³/mol. The normalized spacial score (nSPS) is 19.1. The van der Waals surface area contributed by atoms with E-state index in [1.165, 1.54) is 12.8 Å². The Hall–Kier alpha value is -2.96. The molecule has 150 valence electrons. The fourth-order valence-electron chi connectivity index (χ4n) is 4.18. The van der Waals surface area contributed by atoms with Gasteiger partial charge in [-0.3, -0.25) is 9.36 Å². The van der Waals surface area contributed by atoms with Crippen molar-refractivity contribution in [1.82, 2.24) is 19.5 Å². The maximum atomic E-state index is 13.3. The molecule has 7 heteroatoms. The van der Waals surface area contributed by atoms with Crippen molar-refractivity contribution in [3.63, 3.8) is 0 Å². The van der Waals surface area contributed by atoms with Crippen LogP contribution in [0.1, 0.15) is 37.5 Å². The van der Waals surface area contributed by atoms with Gasteiger partial charge in [0.25, 0.3) is 5.56 Å². The Balaban J connectivity index is 1.62. The highest BCUT2D eigenvalue weighted by molar-refractivity contribution is 5.77. The molecule has 0 bridgehead atoms. The summed E-state index contributed by atoms with van der Waals surface area (Å²) in [4.78, 5) is 31.8. The van der Waals surface area contributed by atoms with Crippen molar-refractivity contribution in [2.75, 3.05) is 30.4 Å². The molecule has 1 aliphatic heterocycles. The highest BCUT2D eigenvalue weighted by Gasteiger charge is 2.34. The van der Waals surface area contributed by atoms with E-state index >= 15 is 0 Å². The van der Waals surface area contributed by atoms with Gasteiger partial charge in [-0.15, -0.1) is 0 Å². The number of hydrogen-bond acceptors (Lipinski definition) is 6. The number of aromatic nitrogens is 4. The third kappa shape index (κ3) is 3.34. The minimum Gasteiger partial charge on any atom is -0.363 e. The number of benzene rings is 1. The minimum absolute atomic E-state index is 0.0171. The molecule has 3 aromatic rings. The summed E-state index contributed by atoms with van der Waals surface area (Å²) in [6, 6.07) is 9.60. The van der Waals surface area contributed by atoms with Crippen LogP contribution in [0.15, 0.2) is 41.3 Å². The molecule has 2 fully saturated rings. The third-order valence-electron chi connectivity index (χ3n) is 5.92. The lowest BCUT2D eigenvalue weighted by Crippen LogP contribution is -2.33. The van der Waals surface area contributed by atoms with Gasteiger partial charge in [0.15, 0.2) is 0 Å². The number of fused-ring (bicyclic) bond motifs is 1. The lowest BCUT2D eigenvalue weighted by molar-refractivity contribution is 0.524. The number of rotatable bonds is 5. The van der Waals surface area contributed by atoms with Crippen LogP contribution in [0.3, 0.4) is 0 Å². The largest absolute Gasteiger partial charge is 0.363 e. The Labute approximate surface area is 170 Å². The molecule has 1 atom stereocenters. The van der Waals surface area contributed by atoms with Crippen LogP contribution in [0.4, 0.5) is 11.8 Å². The first kappa shape index (κ1) is 18.1. The summed E-state index contributed by atoms with van der Waals surface area (Å²) in [5.74, 6) is 3.04. The Kier molecular flexibility index (Phi) is 4.45. The molecular weight excluding hydrogens is 364 g/mol. The van der Waals surface area contributed by atoms with E-state index in [1.807, 2.05) is 53.9 Å². The van der Waals surface area contributed by atoms with Gasteiger partial charge in [0.05, 0.1) is 16.9 Å². The molecule has 2 aromatic heterocycles. The molecule has 7 nitrogen and oxygen atoms in total. The standard InChI is InChI=1S/C22H26N6O/c1-26(2)19-11-12-23-22(25-19)27-13-5-8-18(27)20-24-17-7-4-3-6-16(17)21(29)28(20)14-15-9-10-15/h3-4,6-7,11-12,15,18H,5,8-10,13-14H2,1-2H3. The molecule has 0 N–H and O–H groups in total. The van der Waals surface area contributed by atoms with E-state index in [0.29, 0.717) is 17.3 Å². The van der Waals surface area contributed by atoms with Crippen LogP contribution in [0.2, 0.25) is 0 Å². The summed E-state index contributed by atoms with van der Waals surface area (Å²) in [5, 5.41) is 0.701. The van der Waals surface area contributed by atoms with Gasteiger partial charge < -0.3 is 9.80 Å². The van der Waals surface area contributed by atoms with Gasteiger partial charge in [-0.2, -0.15) is 4.98 Å². The average molecular weight is 390 g/mol. The van der Waals surface area contributed by atoms with Gasteiger partial charge in [-0.25, -0.2) is 9.97 Å². The Bertz CT molecular complexity index is 1100. The monoisotopic (exact) mass is 390 g/mol. The van der Waals surface area contributed by atoms with Gasteiger partial charge in [0.2, 0.25) is 5.95 Å². The molecule has 0 spiro atoms. The second-order valence-corrected chi connectivity index (χ2v) is 8.31. The quantitative estimate of drug-likeness (QED) is 0.667. The van der Waals surface area contributed by atoms with E-state index in [-0.39, 0.29) is 11.6 Å². The van der Waals surface area contributed by atoms with Crippen LogP contribution in [0.5, 0.6) is 0 Å². The molecule has 1 aromatic carbocycles. The Morgan fingerprint density at radius 2 is 1.93 bits per heavy atom. The Morgan fingerprint density at radius 3 is 2.72 bits per heavy atom. The van der Waals surface area contributed by atoms with E-state index in [2.05, 4.69) is 9.88 Å². The summed E-state index contributed by atoms with van der Waals surface area (Å²) in [6.45, 7) is 1.63. The third-order valence-corrected chi connectivity index (χ3v) is 5.92. The maximum absolute atomic E-state index is 13.3. The number of anilines is 2. The zero-order valence-corrected chi connectivity index (χ0v) is 17.0. The van der Waals surface area contributed by atoms with Gasteiger partial charge in [0.1, 0.15) is 11.6 Å². The van der Waals surface area contributed by atoms with Crippen LogP contribution in [-0.2, 0) is 6.54 Å². The van der Waals surface area contributed by atoms with E-state index in [0.717, 1.165) is 43.1 Å². The van der Waals surface area contributed by atoms with Crippen LogP contribution in [-0.4, -0.2) is 40.2 Å². The molecule has 2 aliphatic rings. The summed E-state index contributed by atoms with van der Waals surface area (Å²) in [7, 11) is 3.96. The predicted octanol–water partition coefficient (Wildman–Crippen LogP) is 3.00. The molecule has 0 amide bonds. The van der Waals surface area contributed by atoms with Crippen molar-refractivity contribution >= 4 is 22.7 Å². The van der Waals surface area contributed by atoms with Crippen molar-refractivity contribution in [3.8, 4) is 0 Å². The summed E-state index contributed by atoms with van der Waals surface area (Å²) in [6.07, 6.45) is 6.18. The lowest BCUT2D eigenvalue weighted by atomic mass is 10.1. The number of para-hydroxylation sites is 1. The number of hydrogen-bond donors (Lipinski definition) is 0. The van der Waals surface area contributed by atoms with Crippen LogP contribution in [0.25, 0.3) is 10.9 Å². The van der Waals surface area contributed by atoms with Crippen molar-refractivity contribution < 1.29 is 0 Å². The molecule has 1 aliphatic carbocycles. The van der Waals surface area contributed by atoms with Crippen LogP contribution in [0, 0.1) is 5.92 Å². The molecule has 1 saturated heterocycles. The SMILES string of the molecule is CN(C)c1ccnc(N2CCCC2c2nc3ccccc3c(=O)n2CC2CC2)n1. The number of nitrogens with zero attached hydrogens (tertiary/aromatic N) is 6. The maximum Gasteiger partial charge on any atom is 0.261 e. The van der Waals surface area contributed by atoms with Crippen LogP contribution >= 0.6 is 0 Å². The lowest BCUT2D eigenvalue weighted by Gasteiger charge is -2.27. The topological polar surface area (TPSA) is 67.2 Å². The molecule has 3 heterocycles. The zero-order valence-electron chi connectivity index (χ0n) is 17.0. The van der Waals surface area contributed by atoms with Crippen molar-refractivity contribution in [2.45, 2.75) is 38.3 Å². The Morgan fingerprint density at radius 1 is 1.10 bits per heavy atom.